The van der Waals surface area contributed by atoms with Crippen molar-refractivity contribution in [1.29, 1.82) is 0 Å². The Morgan fingerprint density at radius 1 is 0.966 bits per heavy atom. The van der Waals surface area contributed by atoms with Crippen molar-refractivity contribution in [1.82, 2.24) is 0 Å². The number of carbonyl (C=O) groups excluding carboxylic acids is 1. The molecule has 29 heavy (non-hydrogen) atoms. The molecule has 158 valence electrons. The molecule has 2 rings (SSSR count). The molecule has 0 saturated carbocycles. The third-order valence-corrected chi connectivity index (χ3v) is 6.75. The number of nitrogens with one attached hydrogen (secondary N) is 2. The maximum atomic E-state index is 12.6. The average molecular weight is 435 g/mol. The molecule has 7 heteroatoms. The van der Waals surface area contributed by atoms with Gasteiger partial charge in [0, 0.05) is 11.4 Å². The Bertz CT molecular complexity index is 898. The van der Waals surface area contributed by atoms with Crippen LogP contribution in [0.4, 0.5) is 11.4 Å². The van der Waals surface area contributed by atoms with Crippen LogP contribution in [0.2, 0.25) is 0 Å². The quantitative estimate of drug-likeness (QED) is 0.436. The number of aryl methyl sites for hydroxylation is 1. The van der Waals surface area contributed by atoms with Crippen molar-refractivity contribution >= 4 is 39.1 Å². The second kappa shape index (κ2) is 11.9. The summed E-state index contributed by atoms with van der Waals surface area (Å²) in [4.78, 5) is 12.3. The fourth-order valence-electron chi connectivity index (χ4n) is 2.83. The highest BCUT2D eigenvalue weighted by atomic mass is 32.2. The molecule has 0 heterocycles. The van der Waals surface area contributed by atoms with Crippen LogP contribution in [0, 0.1) is 6.92 Å². The smallest absolute Gasteiger partial charge is 0.261 e. The van der Waals surface area contributed by atoms with Gasteiger partial charge in [0.15, 0.2) is 0 Å². The maximum Gasteiger partial charge on any atom is 0.261 e. The van der Waals surface area contributed by atoms with E-state index in [0.29, 0.717) is 17.1 Å². The van der Waals surface area contributed by atoms with Crippen LogP contribution in [0.25, 0.3) is 0 Å². The van der Waals surface area contributed by atoms with Crippen molar-refractivity contribution in [2.24, 2.45) is 0 Å². The zero-order valence-electron chi connectivity index (χ0n) is 17.1. The van der Waals surface area contributed by atoms with Crippen LogP contribution >= 0.6 is 11.8 Å². The fraction of sp³-hybridized carbons (Fsp3) is 0.409. The molecule has 0 aromatic heterocycles. The molecule has 0 spiro atoms. The monoisotopic (exact) mass is 434 g/mol. The van der Waals surface area contributed by atoms with E-state index in [9.17, 15) is 13.2 Å². The van der Waals surface area contributed by atoms with Crippen molar-refractivity contribution in [2.75, 3.05) is 21.5 Å². The van der Waals surface area contributed by atoms with Gasteiger partial charge in [0.05, 0.1) is 10.6 Å². The van der Waals surface area contributed by atoms with Crippen molar-refractivity contribution in [3.63, 3.8) is 0 Å². The summed E-state index contributed by atoms with van der Waals surface area (Å²) in [7, 11) is -3.73. The summed E-state index contributed by atoms with van der Waals surface area (Å²) in [6, 6.07) is 13.5. The van der Waals surface area contributed by atoms with Gasteiger partial charge in [-0.05, 0) is 55.0 Å². The van der Waals surface area contributed by atoms with Crippen LogP contribution in [0.3, 0.4) is 0 Å². The molecule has 0 bridgehead atoms. The van der Waals surface area contributed by atoms with Crippen molar-refractivity contribution in [3.05, 3.63) is 54.1 Å². The number of unbranched alkanes of at least 4 members (excludes halogenated alkanes) is 4. The van der Waals surface area contributed by atoms with Gasteiger partial charge >= 0.3 is 0 Å². The Hall–Kier alpha value is -1.99. The zero-order chi connectivity index (χ0) is 21.1. The summed E-state index contributed by atoms with van der Waals surface area (Å²) in [6.45, 7) is 4.09. The van der Waals surface area contributed by atoms with E-state index in [1.165, 1.54) is 37.8 Å². The third kappa shape index (κ3) is 8.50. The first-order valence-electron chi connectivity index (χ1n) is 9.98. The minimum absolute atomic E-state index is 0.111. The largest absolute Gasteiger partial charge is 0.325 e. The van der Waals surface area contributed by atoms with Gasteiger partial charge in [0.1, 0.15) is 0 Å². The Balaban J connectivity index is 1.87. The van der Waals surface area contributed by atoms with E-state index in [-0.39, 0.29) is 10.8 Å². The molecule has 0 fully saturated rings. The van der Waals surface area contributed by atoms with Gasteiger partial charge in [-0.3, -0.25) is 9.52 Å². The molecule has 0 unspecified atom stereocenters. The Morgan fingerprint density at radius 2 is 1.69 bits per heavy atom. The number of sulfonamides is 1. The second-order valence-electron chi connectivity index (χ2n) is 7.02. The fourth-order valence-corrected chi connectivity index (χ4v) is 4.74. The molecular weight excluding hydrogens is 404 g/mol. The van der Waals surface area contributed by atoms with E-state index in [1.54, 1.807) is 42.1 Å². The molecule has 0 radical (unpaired) electrons. The average Bonchev–Trinajstić information content (AvgIpc) is 2.67. The van der Waals surface area contributed by atoms with E-state index in [4.69, 9.17) is 0 Å². The first-order valence-corrected chi connectivity index (χ1v) is 12.6. The lowest BCUT2D eigenvalue weighted by molar-refractivity contribution is -0.113. The Morgan fingerprint density at radius 3 is 2.45 bits per heavy atom. The van der Waals surface area contributed by atoms with Crippen LogP contribution in [0.15, 0.2) is 53.4 Å². The normalized spacial score (nSPS) is 11.2. The number of rotatable bonds is 12. The number of amides is 1. The number of anilines is 2. The number of hydrogen-bond acceptors (Lipinski definition) is 4. The maximum absolute atomic E-state index is 12.6. The molecule has 0 aliphatic rings. The summed E-state index contributed by atoms with van der Waals surface area (Å²) in [6.07, 6.45) is 6.07. The first kappa shape index (κ1) is 23.3. The van der Waals surface area contributed by atoms with Crippen LogP contribution in [0.5, 0.6) is 0 Å². The lowest BCUT2D eigenvalue weighted by atomic mass is 10.2. The number of carbonyl (C=O) groups is 1. The van der Waals surface area contributed by atoms with Gasteiger partial charge in [-0.2, -0.15) is 11.8 Å². The minimum atomic E-state index is -3.73. The number of benzene rings is 2. The lowest BCUT2D eigenvalue weighted by Crippen LogP contribution is -2.16. The Kier molecular flexibility index (Phi) is 9.54. The summed E-state index contributed by atoms with van der Waals surface area (Å²) in [5.41, 5.74) is 1.95. The van der Waals surface area contributed by atoms with Gasteiger partial charge in [-0.25, -0.2) is 8.42 Å². The molecule has 0 aliphatic heterocycles. The third-order valence-electron chi connectivity index (χ3n) is 4.32. The molecular formula is C22H30N2O3S2. The molecule has 0 aliphatic carbocycles. The van der Waals surface area contributed by atoms with Crippen LogP contribution < -0.4 is 10.0 Å². The van der Waals surface area contributed by atoms with E-state index in [0.717, 1.165) is 17.7 Å². The van der Waals surface area contributed by atoms with Crippen LogP contribution in [-0.2, 0) is 14.8 Å². The summed E-state index contributed by atoms with van der Waals surface area (Å²) < 4.78 is 27.9. The van der Waals surface area contributed by atoms with E-state index < -0.39 is 10.0 Å². The SMILES string of the molecule is CCCCCCCSCC(=O)Nc1cccc(S(=O)(=O)Nc2cccc(C)c2)c1. The Labute approximate surface area is 178 Å². The van der Waals surface area contributed by atoms with Gasteiger partial charge in [0.2, 0.25) is 5.91 Å². The molecule has 0 atom stereocenters. The van der Waals surface area contributed by atoms with Gasteiger partial charge < -0.3 is 5.32 Å². The predicted octanol–water partition coefficient (Wildman–Crippen LogP) is 5.44. The topological polar surface area (TPSA) is 75.3 Å². The lowest BCUT2D eigenvalue weighted by Gasteiger charge is -2.11. The van der Waals surface area contributed by atoms with Crippen LogP contribution in [0.1, 0.15) is 44.6 Å². The molecule has 0 saturated heterocycles. The standard InChI is InChI=1S/C22H30N2O3S2/c1-3-4-5-6-7-14-28-17-22(25)23-19-11-9-13-21(16-19)29(26,27)24-20-12-8-10-18(2)15-20/h8-13,15-16,24H,3-7,14,17H2,1-2H3,(H,23,25). The molecule has 5 nitrogen and oxygen atoms in total. The van der Waals surface area contributed by atoms with Crippen molar-refractivity contribution < 1.29 is 13.2 Å². The molecule has 1 amide bonds. The van der Waals surface area contributed by atoms with E-state index in [2.05, 4.69) is 17.0 Å². The highest BCUT2D eigenvalue weighted by Gasteiger charge is 2.15. The van der Waals surface area contributed by atoms with E-state index >= 15 is 0 Å². The summed E-state index contributed by atoms with van der Waals surface area (Å²) in [5, 5.41) is 2.79. The highest BCUT2D eigenvalue weighted by molar-refractivity contribution is 7.99. The molecule has 2 aromatic rings. The van der Waals surface area contributed by atoms with Gasteiger partial charge in [-0.15, -0.1) is 0 Å². The number of thioether (sulfide) groups is 1. The van der Waals surface area contributed by atoms with Crippen molar-refractivity contribution in [2.45, 2.75) is 50.8 Å². The van der Waals surface area contributed by atoms with Crippen molar-refractivity contribution in [3.8, 4) is 0 Å². The minimum Gasteiger partial charge on any atom is -0.325 e. The first-order chi connectivity index (χ1) is 13.9. The predicted molar refractivity (Wildman–Crippen MR) is 123 cm³/mol. The molecule has 2 aromatic carbocycles. The summed E-state index contributed by atoms with van der Waals surface area (Å²) in [5.74, 6) is 1.21. The highest BCUT2D eigenvalue weighted by Crippen LogP contribution is 2.20. The number of hydrogen-bond donors (Lipinski definition) is 2. The van der Waals surface area contributed by atoms with Gasteiger partial charge in [-0.1, -0.05) is 50.8 Å². The van der Waals surface area contributed by atoms with Crippen LogP contribution in [-0.4, -0.2) is 25.8 Å². The second-order valence-corrected chi connectivity index (χ2v) is 9.81. The molecule has 2 N–H and O–H groups in total. The zero-order valence-corrected chi connectivity index (χ0v) is 18.7. The van der Waals surface area contributed by atoms with E-state index in [1.807, 2.05) is 13.0 Å². The van der Waals surface area contributed by atoms with Gasteiger partial charge in [0.25, 0.3) is 10.0 Å². The summed E-state index contributed by atoms with van der Waals surface area (Å²) >= 11 is 1.61.